The van der Waals surface area contributed by atoms with Gasteiger partial charge in [-0.1, -0.05) is 29.8 Å². The summed E-state index contributed by atoms with van der Waals surface area (Å²) in [4.78, 5) is 4.79. The van der Waals surface area contributed by atoms with Crippen LogP contribution in [0.5, 0.6) is 0 Å². The van der Waals surface area contributed by atoms with Crippen LogP contribution in [0.3, 0.4) is 0 Å². The lowest BCUT2D eigenvalue weighted by atomic mass is 10.1. The smallest absolute Gasteiger partial charge is 0.261 e. The average Bonchev–Trinajstić information content (AvgIpc) is 3.06. The lowest BCUT2D eigenvalue weighted by molar-refractivity contribution is 0.601. The highest BCUT2D eigenvalue weighted by Crippen LogP contribution is 2.31. The highest BCUT2D eigenvalue weighted by molar-refractivity contribution is 7.92. The maximum absolute atomic E-state index is 12.7. The fraction of sp³-hybridized carbons (Fsp3) is 0.136. The Morgan fingerprint density at radius 3 is 2.36 bits per heavy atom. The standard InChI is InChI=1S/C22H20N2O3S/c1-14-7-10-17(11-8-14)28(25,26)24-19-6-4-5-18(16(19)3)22-23-20-13-15(2)9-12-21(20)27-22/h4-13,24H,1-3H3. The van der Waals surface area contributed by atoms with Crippen molar-refractivity contribution in [3.05, 3.63) is 77.4 Å². The number of hydrogen-bond acceptors (Lipinski definition) is 4. The maximum atomic E-state index is 12.7. The van der Waals surface area contributed by atoms with E-state index in [2.05, 4.69) is 9.71 Å². The van der Waals surface area contributed by atoms with E-state index in [9.17, 15) is 8.42 Å². The van der Waals surface area contributed by atoms with Crippen LogP contribution in [0.4, 0.5) is 5.69 Å². The van der Waals surface area contributed by atoms with Crippen LogP contribution in [0.2, 0.25) is 0 Å². The van der Waals surface area contributed by atoms with Crippen molar-refractivity contribution in [2.75, 3.05) is 4.72 Å². The molecule has 5 nitrogen and oxygen atoms in total. The van der Waals surface area contributed by atoms with Crippen LogP contribution < -0.4 is 4.72 Å². The summed E-state index contributed by atoms with van der Waals surface area (Å²) in [6.45, 7) is 5.77. The van der Waals surface area contributed by atoms with Gasteiger partial charge in [-0.25, -0.2) is 13.4 Å². The molecule has 0 bridgehead atoms. The van der Waals surface area contributed by atoms with E-state index in [1.165, 1.54) is 0 Å². The molecule has 142 valence electrons. The topological polar surface area (TPSA) is 72.2 Å². The zero-order chi connectivity index (χ0) is 19.9. The fourth-order valence-electron chi connectivity index (χ4n) is 3.05. The molecule has 3 aromatic carbocycles. The molecule has 6 heteroatoms. The Bertz CT molecular complexity index is 1270. The van der Waals surface area contributed by atoms with Crippen molar-refractivity contribution in [3.63, 3.8) is 0 Å². The molecule has 4 aromatic rings. The summed E-state index contributed by atoms with van der Waals surface area (Å²) < 4.78 is 34.0. The van der Waals surface area contributed by atoms with Crippen molar-refractivity contribution in [1.82, 2.24) is 4.98 Å². The summed E-state index contributed by atoms with van der Waals surface area (Å²) in [6.07, 6.45) is 0. The van der Waals surface area contributed by atoms with Crippen molar-refractivity contribution < 1.29 is 12.8 Å². The third kappa shape index (κ3) is 3.39. The van der Waals surface area contributed by atoms with Gasteiger partial charge in [0.05, 0.1) is 10.6 Å². The molecule has 1 heterocycles. The Balaban J connectivity index is 1.73. The molecule has 0 fully saturated rings. The molecule has 0 spiro atoms. The monoisotopic (exact) mass is 392 g/mol. The molecule has 0 saturated heterocycles. The molecule has 0 radical (unpaired) electrons. The number of hydrogen-bond donors (Lipinski definition) is 1. The zero-order valence-corrected chi connectivity index (χ0v) is 16.7. The SMILES string of the molecule is Cc1ccc(S(=O)(=O)Nc2cccc(-c3nc4cc(C)ccc4o3)c2C)cc1. The number of sulfonamides is 1. The molecule has 0 atom stereocenters. The number of nitrogens with zero attached hydrogens (tertiary/aromatic N) is 1. The first-order valence-corrected chi connectivity index (χ1v) is 10.4. The quantitative estimate of drug-likeness (QED) is 0.517. The zero-order valence-electron chi connectivity index (χ0n) is 15.9. The molecule has 4 rings (SSSR count). The molecule has 0 saturated carbocycles. The van der Waals surface area contributed by atoms with Gasteiger partial charge in [0, 0.05) is 5.56 Å². The van der Waals surface area contributed by atoms with E-state index in [1.54, 1.807) is 36.4 Å². The summed E-state index contributed by atoms with van der Waals surface area (Å²) in [6, 6.07) is 18.0. The minimum absolute atomic E-state index is 0.222. The number of fused-ring (bicyclic) bond motifs is 1. The van der Waals surface area contributed by atoms with Crippen molar-refractivity contribution in [3.8, 4) is 11.5 Å². The van der Waals surface area contributed by atoms with Gasteiger partial charge in [0.15, 0.2) is 5.58 Å². The summed E-state index contributed by atoms with van der Waals surface area (Å²) in [5.74, 6) is 0.467. The van der Waals surface area contributed by atoms with Gasteiger partial charge < -0.3 is 4.42 Å². The highest BCUT2D eigenvalue weighted by Gasteiger charge is 2.18. The van der Waals surface area contributed by atoms with Crippen LogP contribution in [0.25, 0.3) is 22.6 Å². The Morgan fingerprint density at radius 2 is 1.61 bits per heavy atom. The van der Waals surface area contributed by atoms with E-state index in [4.69, 9.17) is 4.42 Å². The van der Waals surface area contributed by atoms with Gasteiger partial charge in [-0.05, 0) is 68.3 Å². The molecule has 0 aliphatic heterocycles. The minimum Gasteiger partial charge on any atom is -0.436 e. The van der Waals surface area contributed by atoms with Gasteiger partial charge in [-0.3, -0.25) is 4.72 Å². The first-order chi connectivity index (χ1) is 13.3. The first-order valence-electron chi connectivity index (χ1n) is 8.90. The maximum Gasteiger partial charge on any atom is 0.261 e. The average molecular weight is 392 g/mol. The lowest BCUT2D eigenvalue weighted by Gasteiger charge is -2.12. The van der Waals surface area contributed by atoms with Crippen LogP contribution in [-0.2, 0) is 10.0 Å². The normalized spacial score (nSPS) is 11.7. The summed E-state index contributed by atoms with van der Waals surface area (Å²) >= 11 is 0. The molecule has 1 aromatic heterocycles. The third-order valence-corrected chi connectivity index (χ3v) is 6.06. The van der Waals surface area contributed by atoms with Gasteiger partial charge in [0.2, 0.25) is 5.89 Å². The van der Waals surface area contributed by atoms with Gasteiger partial charge >= 0.3 is 0 Å². The molecule has 0 aliphatic carbocycles. The number of nitrogens with one attached hydrogen (secondary N) is 1. The summed E-state index contributed by atoms with van der Waals surface area (Å²) in [5.41, 5.74) is 5.58. The van der Waals surface area contributed by atoms with Crippen LogP contribution in [0.15, 0.2) is 70.0 Å². The van der Waals surface area contributed by atoms with Gasteiger partial charge in [0.25, 0.3) is 10.0 Å². The second kappa shape index (κ2) is 6.80. The predicted octanol–water partition coefficient (Wildman–Crippen LogP) is 5.22. The Morgan fingerprint density at radius 1 is 0.893 bits per heavy atom. The van der Waals surface area contributed by atoms with Crippen molar-refractivity contribution in [1.29, 1.82) is 0 Å². The molecular weight excluding hydrogens is 372 g/mol. The van der Waals surface area contributed by atoms with Crippen molar-refractivity contribution >= 4 is 26.8 Å². The van der Waals surface area contributed by atoms with Gasteiger partial charge in [0.1, 0.15) is 5.52 Å². The highest BCUT2D eigenvalue weighted by atomic mass is 32.2. The molecule has 0 amide bonds. The van der Waals surface area contributed by atoms with E-state index in [0.29, 0.717) is 17.2 Å². The number of benzene rings is 3. The van der Waals surface area contributed by atoms with Crippen LogP contribution in [0.1, 0.15) is 16.7 Å². The first kappa shape index (κ1) is 18.3. The van der Waals surface area contributed by atoms with Gasteiger partial charge in [-0.15, -0.1) is 0 Å². The largest absolute Gasteiger partial charge is 0.436 e. The second-order valence-electron chi connectivity index (χ2n) is 6.89. The van der Waals surface area contributed by atoms with Gasteiger partial charge in [-0.2, -0.15) is 0 Å². The number of aryl methyl sites for hydroxylation is 2. The number of oxazole rings is 1. The molecule has 0 aliphatic rings. The van der Waals surface area contributed by atoms with E-state index in [0.717, 1.165) is 27.8 Å². The minimum atomic E-state index is -3.68. The van der Waals surface area contributed by atoms with Crippen LogP contribution in [-0.4, -0.2) is 13.4 Å². The molecule has 28 heavy (non-hydrogen) atoms. The number of aromatic nitrogens is 1. The third-order valence-electron chi connectivity index (χ3n) is 4.68. The van der Waals surface area contributed by atoms with Crippen LogP contribution >= 0.6 is 0 Å². The Kier molecular flexibility index (Phi) is 4.43. The van der Waals surface area contributed by atoms with Crippen molar-refractivity contribution in [2.24, 2.45) is 0 Å². The van der Waals surface area contributed by atoms with E-state index < -0.39 is 10.0 Å². The summed E-state index contributed by atoms with van der Waals surface area (Å²) in [5, 5.41) is 0. The van der Waals surface area contributed by atoms with E-state index in [1.807, 2.05) is 45.0 Å². The molecular formula is C22H20N2O3S. The predicted molar refractivity (Wildman–Crippen MR) is 111 cm³/mol. The van der Waals surface area contributed by atoms with E-state index >= 15 is 0 Å². The Hall–Kier alpha value is -3.12. The Labute approximate surface area is 164 Å². The van der Waals surface area contributed by atoms with Crippen LogP contribution in [0, 0.1) is 20.8 Å². The van der Waals surface area contributed by atoms with E-state index in [-0.39, 0.29) is 4.90 Å². The number of rotatable bonds is 4. The fourth-order valence-corrected chi connectivity index (χ4v) is 4.17. The molecule has 0 unspecified atom stereocenters. The lowest BCUT2D eigenvalue weighted by Crippen LogP contribution is -2.14. The van der Waals surface area contributed by atoms with Crippen molar-refractivity contribution in [2.45, 2.75) is 25.7 Å². The molecule has 1 N–H and O–H groups in total. The number of anilines is 1. The second-order valence-corrected chi connectivity index (χ2v) is 8.57. The summed E-state index contributed by atoms with van der Waals surface area (Å²) in [7, 11) is -3.68.